The molecule has 0 bridgehead atoms. The molecule has 1 aliphatic heterocycles. The van der Waals surface area contributed by atoms with Gasteiger partial charge >= 0.3 is 0 Å². The molecule has 1 heterocycles. The number of para-hydroxylation sites is 1. The molecule has 0 N–H and O–H groups in total. The molecule has 74 valence electrons. The largest absolute Gasteiger partial charge is 0.457 e. The second-order valence-corrected chi connectivity index (χ2v) is 4.55. The Hall–Kier alpha value is -1.28. The monoisotopic (exact) mass is 260 g/mol. The van der Waals surface area contributed by atoms with E-state index in [9.17, 15) is 0 Å². The van der Waals surface area contributed by atoms with Gasteiger partial charge in [0, 0.05) is 10.9 Å². The normalized spacial score (nSPS) is 12.6. The molecule has 2 aromatic carbocycles. The van der Waals surface area contributed by atoms with Crippen molar-refractivity contribution in [3.8, 4) is 11.5 Å². The van der Waals surface area contributed by atoms with Crippen LogP contribution < -0.4 is 4.74 Å². The molecule has 0 fully saturated rings. The van der Waals surface area contributed by atoms with E-state index in [-0.39, 0.29) is 0 Å². The highest BCUT2D eigenvalue weighted by atomic mass is 79.9. The van der Waals surface area contributed by atoms with E-state index in [1.165, 1.54) is 11.1 Å². The van der Waals surface area contributed by atoms with Gasteiger partial charge in [-0.05, 0) is 29.3 Å². The highest BCUT2D eigenvalue weighted by Crippen LogP contribution is 2.37. The van der Waals surface area contributed by atoms with Crippen LogP contribution in [0.5, 0.6) is 11.5 Å². The lowest BCUT2D eigenvalue weighted by atomic mass is 10.0. The smallest absolute Gasteiger partial charge is 0.132 e. The summed E-state index contributed by atoms with van der Waals surface area (Å²) in [6, 6.07) is 14.4. The second kappa shape index (κ2) is 3.38. The van der Waals surface area contributed by atoms with Crippen molar-refractivity contribution in [2.45, 2.75) is 6.42 Å². The summed E-state index contributed by atoms with van der Waals surface area (Å²) in [5, 5.41) is 0. The Bertz CT molecular complexity index is 520. The first kappa shape index (κ1) is 8.98. The third-order valence-electron chi connectivity index (χ3n) is 2.60. The lowest BCUT2D eigenvalue weighted by molar-refractivity contribution is 0.459. The van der Waals surface area contributed by atoms with E-state index in [1.807, 2.05) is 24.3 Å². The highest BCUT2D eigenvalue weighted by molar-refractivity contribution is 9.10. The Morgan fingerprint density at radius 2 is 1.73 bits per heavy atom. The average Bonchev–Trinajstić information content (AvgIpc) is 2.26. The molecule has 0 saturated carbocycles. The Kier molecular flexibility index (Phi) is 2.03. The summed E-state index contributed by atoms with van der Waals surface area (Å²) in [5.74, 6) is 1.94. The number of rotatable bonds is 0. The van der Waals surface area contributed by atoms with Gasteiger partial charge in [-0.1, -0.05) is 40.2 Å². The maximum atomic E-state index is 5.83. The van der Waals surface area contributed by atoms with Crippen molar-refractivity contribution in [1.29, 1.82) is 0 Å². The van der Waals surface area contributed by atoms with Crippen LogP contribution in [-0.2, 0) is 6.42 Å². The zero-order chi connectivity index (χ0) is 10.3. The van der Waals surface area contributed by atoms with E-state index in [0.717, 1.165) is 22.4 Å². The molecule has 3 rings (SSSR count). The van der Waals surface area contributed by atoms with Gasteiger partial charge in [0.1, 0.15) is 11.5 Å². The second-order valence-electron chi connectivity index (χ2n) is 3.64. The lowest BCUT2D eigenvalue weighted by Gasteiger charge is -2.19. The van der Waals surface area contributed by atoms with Crippen LogP contribution >= 0.6 is 15.9 Å². The van der Waals surface area contributed by atoms with Crippen LogP contribution in [0.15, 0.2) is 46.9 Å². The third kappa shape index (κ3) is 1.55. The summed E-state index contributed by atoms with van der Waals surface area (Å²) in [4.78, 5) is 0. The van der Waals surface area contributed by atoms with Crippen molar-refractivity contribution < 1.29 is 4.74 Å². The summed E-state index contributed by atoms with van der Waals surface area (Å²) in [6.45, 7) is 0. The lowest BCUT2D eigenvalue weighted by Crippen LogP contribution is -2.02. The van der Waals surface area contributed by atoms with E-state index >= 15 is 0 Å². The quantitative estimate of drug-likeness (QED) is 0.590. The molecule has 0 radical (unpaired) electrons. The first-order chi connectivity index (χ1) is 7.33. The minimum atomic E-state index is 0.957. The molecule has 0 spiro atoms. The summed E-state index contributed by atoms with van der Waals surface area (Å²) in [6.07, 6.45) is 0.957. The molecule has 0 aliphatic carbocycles. The minimum Gasteiger partial charge on any atom is -0.457 e. The van der Waals surface area contributed by atoms with Crippen LogP contribution in [-0.4, -0.2) is 0 Å². The summed E-state index contributed by atoms with van der Waals surface area (Å²) >= 11 is 3.45. The number of fused-ring (bicyclic) bond motifs is 2. The van der Waals surface area contributed by atoms with Gasteiger partial charge in [-0.3, -0.25) is 0 Å². The summed E-state index contributed by atoms with van der Waals surface area (Å²) in [7, 11) is 0. The van der Waals surface area contributed by atoms with Gasteiger partial charge in [-0.2, -0.15) is 0 Å². The van der Waals surface area contributed by atoms with Crippen LogP contribution in [0.25, 0.3) is 0 Å². The molecule has 1 nitrogen and oxygen atoms in total. The van der Waals surface area contributed by atoms with Crippen molar-refractivity contribution >= 4 is 15.9 Å². The fourth-order valence-electron chi connectivity index (χ4n) is 1.84. The van der Waals surface area contributed by atoms with Gasteiger partial charge in [-0.25, -0.2) is 0 Å². The molecule has 0 atom stereocenters. The van der Waals surface area contributed by atoms with E-state index in [0.29, 0.717) is 0 Å². The predicted octanol–water partition coefficient (Wildman–Crippen LogP) is 4.15. The van der Waals surface area contributed by atoms with Crippen LogP contribution in [0.3, 0.4) is 0 Å². The van der Waals surface area contributed by atoms with Crippen molar-refractivity contribution in [3.05, 3.63) is 58.1 Å². The first-order valence-corrected chi connectivity index (χ1v) is 5.66. The summed E-state index contributed by atoms with van der Waals surface area (Å²) in [5.41, 5.74) is 2.50. The molecule has 0 unspecified atom stereocenters. The molecule has 0 saturated heterocycles. The van der Waals surface area contributed by atoms with Gasteiger partial charge in [0.25, 0.3) is 0 Å². The van der Waals surface area contributed by atoms with E-state index in [4.69, 9.17) is 4.74 Å². The predicted molar refractivity (Wildman–Crippen MR) is 63.5 cm³/mol. The fraction of sp³-hybridized carbons (Fsp3) is 0.0769. The van der Waals surface area contributed by atoms with Gasteiger partial charge < -0.3 is 4.74 Å². The number of benzene rings is 2. The van der Waals surface area contributed by atoms with Gasteiger partial charge in [0.15, 0.2) is 0 Å². The number of halogens is 1. The molecule has 1 aliphatic rings. The zero-order valence-electron chi connectivity index (χ0n) is 8.03. The SMILES string of the molecule is Brc1ccc2c(c1)Oc1ccccc1C2. The standard InChI is InChI=1S/C13H9BrO/c14-11-6-5-10-7-9-3-1-2-4-12(9)15-13(10)8-11/h1-6,8H,7H2. The fourth-order valence-corrected chi connectivity index (χ4v) is 2.18. The number of hydrogen-bond donors (Lipinski definition) is 0. The Morgan fingerprint density at radius 1 is 0.933 bits per heavy atom. The van der Waals surface area contributed by atoms with Gasteiger partial charge in [0.05, 0.1) is 0 Å². The Balaban J connectivity index is 2.11. The van der Waals surface area contributed by atoms with Crippen molar-refractivity contribution in [2.75, 3.05) is 0 Å². The first-order valence-electron chi connectivity index (χ1n) is 4.87. The van der Waals surface area contributed by atoms with Crippen LogP contribution in [0, 0.1) is 0 Å². The minimum absolute atomic E-state index is 0.957. The zero-order valence-corrected chi connectivity index (χ0v) is 9.62. The maximum Gasteiger partial charge on any atom is 0.132 e. The topological polar surface area (TPSA) is 9.23 Å². The molecule has 0 amide bonds. The van der Waals surface area contributed by atoms with Crippen LogP contribution in [0.4, 0.5) is 0 Å². The molecule has 15 heavy (non-hydrogen) atoms. The molecular weight excluding hydrogens is 252 g/mol. The molecular formula is C13H9BrO. The Morgan fingerprint density at radius 3 is 2.67 bits per heavy atom. The van der Waals surface area contributed by atoms with E-state index in [1.54, 1.807) is 0 Å². The third-order valence-corrected chi connectivity index (χ3v) is 3.10. The van der Waals surface area contributed by atoms with Gasteiger partial charge in [-0.15, -0.1) is 0 Å². The van der Waals surface area contributed by atoms with Crippen molar-refractivity contribution in [1.82, 2.24) is 0 Å². The van der Waals surface area contributed by atoms with Crippen LogP contribution in [0.2, 0.25) is 0 Å². The average molecular weight is 261 g/mol. The van der Waals surface area contributed by atoms with Gasteiger partial charge in [0.2, 0.25) is 0 Å². The Labute approximate surface area is 96.8 Å². The summed E-state index contributed by atoms with van der Waals surface area (Å²) < 4.78 is 6.88. The number of hydrogen-bond acceptors (Lipinski definition) is 1. The van der Waals surface area contributed by atoms with E-state index < -0.39 is 0 Å². The number of ether oxygens (including phenoxy) is 1. The van der Waals surface area contributed by atoms with E-state index in [2.05, 4.69) is 34.1 Å². The van der Waals surface area contributed by atoms with Crippen molar-refractivity contribution in [2.24, 2.45) is 0 Å². The maximum absolute atomic E-state index is 5.83. The molecule has 2 heteroatoms. The molecule has 0 aromatic heterocycles. The van der Waals surface area contributed by atoms with Crippen molar-refractivity contribution in [3.63, 3.8) is 0 Å². The van der Waals surface area contributed by atoms with Crippen LogP contribution in [0.1, 0.15) is 11.1 Å². The molecule has 2 aromatic rings. The highest BCUT2D eigenvalue weighted by Gasteiger charge is 2.15.